The molecule has 3 aromatic rings. The summed E-state index contributed by atoms with van der Waals surface area (Å²) in [5, 5.41) is 8.67. The van der Waals surface area contributed by atoms with E-state index < -0.39 is 0 Å². The van der Waals surface area contributed by atoms with Crippen LogP contribution in [0, 0.1) is 0 Å². The van der Waals surface area contributed by atoms with Crippen molar-refractivity contribution in [3.05, 3.63) is 69.8 Å². The van der Waals surface area contributed by atoms with E-state index in [0.29, 0.717) is 32.0 Å². The molecule has 5 rings (SSSR count). The zero-order valence-corrected chi connectivity index (χ0v) is 18.7. The van der Waals surface area contributed by atoms with Gasteiger partial charge in [-0.1, -0.05) is 30.7 Å². The Hall–Kier alpha value is -3.10. The first-order valence-electron chi connectivity index (χ1n) is 11.7. The smallest absolute Gasteiger partial charge is 0.269 e. The first-order chi connectivity index (χ1) is 16.2. The van der Waals surface area contributed by atoms with E-state index in [9.17, 15) is 9.59 Å². The zero-order chi connectivity index (χ0) is 22.6. The van der Waals surface area contributed by atoms with Gasteiger partial charge in [0.2, 0.25) is 0 Å². The van der Waals surface area contributed by atoms with Crippen LogP contribution in [0.2, 0.25) is 0 Å². The lowest BCUT2D eigenvalue weighted by Gasteiger charge is -2.35. The summed E-state index contributed by atoms with van der Waals surface area (Å²) in [6.45, 7) is 3.93. The molecule has 1 unspecified atom stereocenters. The van der Waals surface area contributed by atoms with Gasteiger partial charge < -0.3 is 10.1 Å². The maximum Gasteiger partial charge on any atom is 0.269 e. The quantitative estimate of drug-likeness (QED) is 0.623. The normalized spacial score (nSPS) is 18.7. The molecule has 1 N–H and O–H groups in total. The van der Waals surface area contributed by atoms with Crippen LogP contribution in [0.25, 0.3) is 10.9 Å². The van der Waals surface area contributed by atoms with Crippen LogP contribution in [-0.4, -0.2) is 57.9 Å². The SMILES string of the molecule is O=C(NCC1CCCCN1CCn1nc2c(cc1=O)COCC2)c1ccc2ccccc2n1. The Kier molecular flexibility index (Phi) is 6.46. The number of carbonyl (C=O) groups excluding carboxylic acids is 1. The summed E-state index contributed by atoms with van der Waals surface area (Å²) in [7, 11) is 0. The van der Waals surface area contributed by atoms with Gasteiger partial charge >= 0.3 is 0 Å². The van der Waals surface area contributed by atoms with Crippen LogP contribution in [0.5, 0.6) is 0 Å². The monoisotopic (exact) mass is 447 g/mol. The van der Waals surface area contributed by atoms with Gasteiger partial charge in [-0.3, -0.25) is 14.5 Å². The maximum atomic E-state index is 12.7. The van der Waals surface area contributed by atoms with Gasteiger partial charge in [0.1, 0.15) is 5.69 Å². The Balaban J connectivity index is 1.21. The molecular weight excluding hydrogens is 418 g/mol. The predicted octanol–water partition coefficient (Wildman–Crippen LogP) is 2.15. The minimum Gasteiger partial charge on any atom is -0.376 e. The summed E-state index contributed by atoms with van der Waals surface area (Å²) < 4.78 is 7.00. The average Bonchev–Trinajstić information content (AvgIpc) is 2.86. The first-order valence-corrected chi connectivity index (χ1v) is 11.7. The number of nitrogens with zero attached hydrogens (tertiary/aromatic N) is 4. The molecule has 2 aliphatic heterocycles. The molecule has 1 fully saturated rings. The highest BCUT2D eigenvalue weighted by Gasteiger charge is 2.23. The maximum absolute atomic E-state index is 12.7. The minimum absolute atomic E-state index is 0.0801. The Morgan fingerprint density at radius 2 is 2.06 bits per heavy atom. The van der Waals surface area contributed by atoms with E-state index in [2.05, 4.69) is 20.3 Å². The third-order valence-electron chi connectivity index (χ3n) is 6.58. The zero-order valence-electron chi connectivity index (χ0n) is 18.7. The number of aromatic nitrogens is 3. The van der Waals surface area contributed by atoms with Crippen molar-refractivity contribution in [2.24, 2.45) is 0 Å². The Morgan fingerprint density at radius 3 is 3.00 bits per heavy atom. The van der Waals surface area contributed by atoms with Crippen molar-refractivity contribution in [2.75, 3.05) is 26.2 Å². The van der Waals surface area contributed by atoms with E-state index in [0.717, 1.165) is 60.9 Å². The summed E-state index contributed by atoms with van der Waals surface area (Å²) in [6.07, 6.45) is 4.04. The van der Waals surface area contributed by atoms with Crippen LogP contribution < -0.4 is 10.9 Å². The van der Waals surface area contributed by atoms with E-state index in [4.69, 9.17) is 4.74 Å². The van der Waals surface area contributed by atoms with Crippen molar-refractivity contribution in [1.82, 2.24) is 25.0 Å². The molecule has 0 bridgehead atoms. The van der Waals surface area contributed by atoms with Crippen LogP contribution in [0.3, 0.4) is 0 Å². The van der Waals surface area contributed by atoms with Gasteiger partial charge in [0, 0.05) is 42.6 Å². The van der Waals surface area contributed by atoms with E-state index in [1.165, 1.54) is 0 Å². The highest BCUT2D eigenvalue weighted by Crippen LogP contribution is 2.17. The number of hydrogen-bond donors (Lipinski definition) is 1. The van der Waals surface area contributed by atoms with E-state index in [-0.39, 0.29) is 17.5 Å². The number of carbonyl (C=O) groups is 1. The van der Waals surface area contributed by atoms with Crippen LogP contribution in [0.4, 0.5) is 0 Å². The number of para-hydroxylation sites is 1. The number of nitrogens with one attached hydrogen (secondary N) is 1. The third kappa shape index (κ3) is 4.96. The number of hydrogen-bond acceptors (Lipinski definition) is 6. The highest BCUT2D eigenvalue weighted by molar-refractivity contribution is 5.94. The number of benzene rings is 1. The molecule has 33 heavy (non-hydrogen) atoms. The lowest BCUT2D eigenvalue weighted by molar-refractivity contribution is 0.0903. The standard InChI is InChI=1S/C25H29N5O3/c31-24-15-19-17-33-14-10-22(19)28-30(24)13-12-29-11-4-3-6-20(29)16-26-25(32)23-9-8-18-5-1-2-7-21(18)27-23/h1-2,5,7-9,15,20H,3-4,6,10-14,16-17H2,(H,26,32). The first kappa shape index (κ1) is 21.7. The molecule has 2 aromatic heterocycles. The number of pyridine rings is 1. The molecule has 1 aromatic carbocycles. The lowest BCUT2D eigenvalue weighted by atomic mass is 10.0. The Bertz CT molecular complexity index is 1210. The predicted molar refractivity (Wildman–Crippen MR) is 125 cm³/mol. The fourth-order valence-corrected chi connectivity index (χ4v) is 4.72. The molecule has 0 saturated carbocycles. The fourth-order valence-electron chi connectivity index (χ4n) is 4.72. The van der Waals surface area contributed by atoms with Crippen LogP contribution in [-0.2, 0) is 24.3 Å². The number of piperidine rings is 1. The number of likely N-dealkylation sites (tertiary alicyclic amines) is 1. The van der Waals surface area contributed by atoms with Gasteiger partial charge in [0.05, 0.1) is 31.0 Å². The van der Waals surface area contributed by atoms with E-state index in [1.807, 2.05) is 30.3 Å². The number of ether oxygens (including phenoxy) is 1. The van der Waals surface area contributed by atoms with Crippen molar-refractivity contribution in [2.45, 2.75) is 44.9 Å². The van der Waals surface area contributed by atoms with Crippen LogP contribution >= 0.6 is 0 Å². The molecule has 172 valence electrons. The van der Waals surface area contributed by atoms with Gasteiger partial charge in [0.25, 0.3) is 11.5 Å². The van der Waals surface area contributed by atoms with Gasteiger partial charge in [-0.15, -0.1) is 0 Å². The van der Waals surface area contributed by atoms with E-state index >= 15 is 0 Å². The summed E-state index contributed by atoms with van der Waals surface area (Å²) in [4.78, 5) is 32.1. The van der Waals surface area contributed by atoms with Crippen molar-refractivity contribution < 1.29 is 9.53 Å². The molecule has 0 aliphatic carbocycles. The van der Waals surface area contributed by atoms with Gasteiger partial charge in [-0.2, -0.15) is 5.10 Å². The fraction of sp³-hybridized carbons (Fsp3) is 0.440. The summed E-state index contributed by atoms with van der Waals surface area (Å²) >= 11 is 0. The molecule has 0 spiro atoms. The van der Waals surface area contributed by atoms with Crippen LogP contribution in [0.15, 0.2) is 47.3 Å². The second-order valence-electron chi connectivity index (χ2n) is 8.77. The second-order valence-corrected chi connectivity index (χ2v) is 8.77. The minimum atomic E-state index is -0.152. The highest BCUT2D eigenvalue weighted by atomic mass is 16.5. The molecule has 8 heteroatoms. The molecule has 8 nitrogen and oxygen atoms in total. The summed E-state index contributed by atoms with van der Waals surface area (Å²) in [5.41, 5.74) is 3.04. The van der Waals surface area contributed by atoms with E-state index in [1.54, 1.807) is 16.8 Å². The Morgan fingerprint density at radius 1 is 1.15 bits per heavy atom. The molecule has 1 atom stereocenters. The molecule has 4 heterocycles. The van der Waals surface area contributed by atoms with Crippen LogP contribution in [0.1, 0.15) is 41.0 Å². The van der Waals surface area contributed by atoms with Gasteiger partial charge in [-0.25, -0.2) is 9.67 Å². The van der Waals surface area contributed by atoms with Gasteiger partial charge in [-0.05, 0) is 31.5 Å². The Labute approximate surface area is 192 Å². The van der Waals surface area contributed by atoms with Crippen molar-refractivity contribution in [1.29, 1.82) is 0 Å². The third-order valence-corrected chi connectivity index (χ3v) is 6.58. The van der Waals surface area contributed by atoms with Gasteiger partial charge in [0.15, 0.2) is 0 Å². The topological polar surface area (TPSA) is 89.4 Å². The average molecular weight is 448 g/mol. The number of rotatable bonds is 6. The molecule has 0 radical (unpaired) electrons. The van der Waals surface area contributed by atoms with Crippen molar-refractivity contribution in [3.8, 4) is 0 Å². The second kappa shape index (κ2) is 9.80. The molecular formula is C25H29N5O3. The van der Waals surface area contributed by atoms with Crippen molar-refractivity contribution >= 4 is 16.8 Å². The molecule has 1 amide bonds. The summed E-state index contributed by atoms with van der Waals surface area (Å²) in [5.74, 6) is -0.152. The number of amides is 1. The lowest BCUT2D eigenvalue weighted by Crippen LogP contribution is -2.48. The molecule has 1 saturated heterocycles. The summed E-state index contributed by atoms with van der Waals surface area (Å²) in [6, 6.07) is 13.4. The number of fused-ring (bicyclic) bond motifs is 2. The molecule has 2 aliphatic rings. The largest absolute Gasteiger partial charge is 0.376 e. The van der Waals surface area contributed by atoms with Crippen molar-refractivity contribution in [3.63, 3.8) is 0 Å².